The quantitative estimate of drug-likeness (QED) is 0.766. The predicted molar refractivity (Wildman–Crippen MR) is 84.7 cm³/mol. The molecule has 0 amide bonds. The van der Waals surface area contributed by atoms with Crippen molar-refractivity contribution in [2.75, 3.05) is 33.7 Å². The van der Waals surface area contributed by atoms with E-state index in [9.17, 15) is 0 Å². The number of likely N-dealkylation sites (tertiary alicyclic amines) is 1. The first-order valence-electron chi connectivity index (χ1n) is 7.99. The van der Waals surface area contributed by atoms with Gasteiger partial charge in [-0.3, -0.25) is 0 Å². The Morgan fingerprint density at radius 3 is 2.53 bits per heavy atom. The molecule has 1 fully saturated rings. The molecule has 1 saturated heterocycles. The standard InChI is InChI=1S/C16H35N3/c1-7-9-14(12-17-16(2,3)4)19(6)13-15-10-8-11-18(15)5/h14-15,17H,7-13H2,1-6H3. The number of nitrogens with one attached hydrogen (secondary N) is 1. The van der Waals surface area contributed by atoms with Gasteiger partial charge in [0.15, 0.2) is 0 Å². The van der Waals surface area contributed by atoms with Crippen LogP contribution in [0, 0.1) is 0 Å². The van der Waals surface area contributed by atoms with Crippen LogP contribution in [0.4, 0.5) is 0 Å². The highest BCUT2D eigenvalue weighted by Gasteiger charge is 2.25. The third-order valence-electron chi connectivity index (χ3n) is 4.28. The zero-order chi connectivity index (χ0) is 14.5. The topological polar surface area (TPSA) is 18.5 Å². The van der Waals surface area contributed by atoms with Crippen LogP contribution in [0.3, 0.4) is 0 Å². The van der Waals surface area contributed by atoms with Gasteiger partial charge in [-0.25, -0.2) is 0 Å². The molecule has 0 aromatic rings. The van der Waals surface area contributed by atoms with Crippen LogP contribution in [0.1, 0.15) is 53.4 Å². The fourth-order valence-corrected chi connectivity index (χ4v) is 2.93. The van der Waals surface area contributed by atoms with Gasteiger partial charge in [0.2, 0.25) is 0 Å². The molecule has 0 bridgehead atoms. The third kappa shape index (κ3) is 6.24. The van der Waals surface area contributed by atoms with E-state index in [-0.39, 0.29) is 5.54 Å². The maximum absolute atomic E-state index is 3.67. The Labute approximate surface area is 120 Å². The molecule has 1 rings (SSSR count). The van der Waals surface area contributed by atoms with Gasteiger partial charge in [-0.2, -0.15) is 0 Å². The molecule has 0 aliphatic carbocycles. The van der Waals surface area contributed by atoms with Crippen LogP contribution in [0.15, 0.2) is 0 Å². The van der Waals surface area contributed by atoms with E-state index in [4.69, 9.17) is 0 Å². The molecule has 0 saturated carbocycles. The van der Waals surface area contributed by atoms with Crippen molar-refractivity contribution in [2.24, 2.45) is 0 Å². The minimum Gasteiger partial charge on any atom is -0.311 e. The smallest absolute Gasteiger partial charge is 0.0220 e. The number of rotatable bonds is 7. The normalized spacial score (nSPS) is 23.2. The Hall–Kier alpha value is -0.120. The molecule has 0 radical (unpaired) electrons. The van der Waals surface area contributed by atoms with Gasteiger partial charge in [0, 0.05) is 30.7 Å². The van der Waals surface area contributed by atoms with Gasteiger partial charge in [0.05, 0.1) is 0 Å². The third-order valence-corrected chi connectivity index (χ3v) is 4.28. The Morgan fingerprint density at radius 1 is 1.37 bits per heavy atom. The monoisotopic (exact) mass is 269 g/mol. The number of hydrogen-bond acceptors (Lipinski definition) is 3. The summed E-state index contributed by atoms with van der Waals surface area (Å²) in [6, 6.07) is 1.43. The summed E-state index contributed by atoms with van der Waals surface area (Å²) >= 11 is 0. The summed E-state index contributed by atoms with van der Waals surface area (Å²) in [5.41, 5.74) is 0.219. The molecule has 1 heterocycles. The predicted octanol–water partition coefficient (Wildman–Crippen LogP) is 2.57. The van der Waals surface area contributed by atoms with Crippen molar-refractivity contribution in [3.63, 3.8) is 0 Å². The van der Waals surface area contributed by atoms with Crippen molar-refractivity contribution in [2.45, 2.75) is 71.0 Å². The Kier molecular flexibility index (Phi) is 6.78. The lowest BCUT2D eigenvalue weighted by atomic mass is 10.1. The largest absolute Gasteiger partial charge is 0.311 e. The molecule has 114 valence electrons. The second kappa shape index (κ2) is 7.61. The van der Waals surface area contributed by atoms with Crippen molar-refractivity contribution < 1.29 is 0 Å². The van der Waals surface area contributed by atoms with Gasteiger partial charge in [0.1, 0.15) is 0 Å². The molecule has 1 N–H and O–H groups in total. The van der Waals surface area contributed by atoms with E-state index in [2.05, 4.69) is 56.9 Å². The summed E-state index contributed by atoms with van der Waals surface area (Å²) in [5.74, 6) is 0. The highest BCUT2D eigenvalue weighted by atomic mass is 15.2. The lowest BCUT2D eigenvalue weighted by molar-refractivity contribution is 0.160. The van der Waals surface area contributed by atoms with E-state index in [1.807, 2.05) is 0 Å². The summed E-state index contributed by atoms with van der Waals surface area (Å²) in [6.07, 6.45) is 5.29. The van der Waals surface area contributed by atoms with Gasteiger partial charge in [-0.1, -0.05) is 13.3 Å². The van der Waals surface area contributed by atoms with Crippen LogP contribution < -0.4 is 5.32 Å². The molecule has 0 spiro atoms. The lowest BCUT2D eigenvalue weighted by Gasteiger charge is -2.34. The number of nitrogens with zero attached hydrogens (tertiary/aromatic N) is 2. The van der Waals surface area contributed by atoms with Crippen LogP contribution in [0.5, 0.6) is 0 Å². The van der Waals surface area contributed by atoms with E-state index >= 15 is 0 Å². The van der Waals surface area contributed by atoms with Crippen molar-refractivity contribution in [1.82, 2.24) is 15.1 Å². The van der Waals surface area contributed by atoms with Crippen LogP contribution in [0.2, 0.25) is 0 Å². The first-order valence-corrected chi connectivity index (χ1v) is 7.99. The van der Waals surface area contributed by atoms with Crippen LogP contribution >= 0.6 is 0 Å². The molecule has 2 atom stereocenters. The van der Waals surface area contributed by atoms with Gasteiger partial charge >= 0.3 is 0 Å². The minimum absolute atomic E-state index is 0.219. The summed E-state index contributed by atoms with van der Waals surface area (Å²) in [4.78, 5) is 5.10. The highest BCUT2D eigenvalue weighted by Crippen LogP contribution is 2.17. The SMILES string of the molecule is CCCC(CNC(C)(C)C)N(C)CC1CCCN1C. The van der Waals surface area contributed by atoms with Crippen molar-refractivity contribution in [3.8, 4) is 0 Å². The summed E-state index contributed by atoms with van der Waals surface area (Å²) in [7, 11) is 4.57. The van der Waals surface area contributed by atoms with Crippen LogP contribution in [-0.4, -0.2) is 61.2 Å². The molecule has 19 heavy (non-hydrogen) atoms. The van der Waals surface area contributed by atoms with Gasteiger partial charge in [-0.05, 0) is 60.7 Å². The van der Waals surface area contributed by atoms with E-state index in [0.717, 1.165) is 12.6 Å². The summed E-state index contributed by atoms with van der Waals surface area (Å²) in [6.45, 7) is 12.6. The minimum atomic E-state index is 0.219. The zero-order valence-corrected chi connectivity index (χ0v) is 14.0. The summed E-state index contributed by atoms with van der Waals surface area (Å²) in [5, 5.41) is 3.67. The average Bonchev–Trinajstić information content (AvgIpc) is 2.69. The van der Waals surface area contributed by atoms with Gasteiger partial charge in [-0.15, -0.1) is 0 Å². The van der Waals surface area contributed by atoms with E-state index < -0.39 is 0 Å². The molecule has 2 unspecified atom stereocenters. The maximum Gasteiger partial charge on any atom is 0.0220 e. The Balaban J connectivity index is 2.44. The van der Waals surface area contributed by atoms with Gasteiger partial charge < -0.3 is 15.1 Å². The Morgan fingerprint density at radius 2 is 2.05 bits per heavy atom. The fraction of sp³-hybridized carbons (Fsp3) is 1.00. The number of hydrogen-bond donors (Lipinski definition) is 1. The maximum atomic E-state index is 3.67. The number of likely N-dealkylation sites (N-methyl/N-ethyl adjacent to an activating group) is 2. The van der Waals surface area contributed by atoms with Gasteiger partial charge in [0.25, 0.3) is 0 Å². The fourth-order valence-electron chi connectivity index (χ4n) is 2.93. The lowest BCUT2D eigenvalue weighted by Crippen LogP contribution is -2.49. The van der Waals surface area contributed by atoms with Crippen molar-refractivity contribution in [3.05, 3.63) is 0 Å². The molecule has 0 aromatic heterocycles. The van der Waals surface area contributed by atoms with Crippen molar-refractivity contribution >= 4 is 0 Å². The average molecular weight is 269 g/mol. The second-order valence-corrected chi connectivity index (χ2v) is 7.29. The van der Waals surface area contributed by atoms with Crippen molar-refractivity contribution in [1.29, 1.82) is 0 Å². The van der Waals surface area contributed by atoms with E-state index in [1.165, 1.54) is 38.8 Å². The first-order chi connectivity index (χ1) is 8.83. The molecule has 1 aliphatic heterocycles. The molecule has 1 aliphatic rings. The molecular weight excluding hydrogens is 234 g/mol. The molecule has 0 aromatic carbocycles. The zero-order valence-electron chi connectivity index (χ0n) is 14.0. The van der Waals surface area contributed by atoms with E-state index in [0.29, 0.717) is 6.04 Å². The van der Waals surface area contributed by atoms with Crippen LogP contribution in [-0.2, 0) is 0 Å². The summed E-state index contributed by atoms with van der Waals surface area (Å²) < 4.78 is 0. The molecule has 3 nitrogen and oxygen atoms in total. The molecule has 3 heteroatoms. The molecular formula is C16H35N3. The van der Waals surface area contributed by atoms with E-state index in [1.54, 1.807) is 0 Å². The van der Waals surface area contributed by atoms with Crippen LogP contribution in [0.25, 0.3) is 0 Å². The Bertz CT molecular complexity index is 247. The highest BCUT2D eigenvalue weighted by molar-refractivity contribution is 4.83. The second-order valence-electron chi connectivity index (χ2n) is 7.29. The first kappa shape index (κ1) is 16.9.